The second kappa shape index (κ2) is 8.13. The highest BCUT2D eigenvalue weighted by atomic mass is 16.5. The monoisotopic (exact) mass is 293 g/mol. The minimum Gasteiger partial charge on any atom is -0.489 e. The molecule has 0 unspecified atom stereocenters. The van der Waals surface area contributed by atoms with Gasteiger partial charge in [-0.05, 0) is 53.7 Å². The molecular weight excluding hydrogens is 262 g/mol. The van der Waals surface area contributed by atoms with Crippen LogP contribution in [0.3, 0.4) is 0 Å². The van der Waals surface area contributed by atoms with Crippen molar-refractivity contribution in [3.8, 4) is 5.75 Å². The predicted octanol–water partition coefficient (Wildman–Crippen LogP) is 3.59. The predicted molar refractivity (Wildman–Crippen MR) is 92.1 cm³/mol. The number of nitrogens with zero attached hydrogens (tertiary/aromatic N) is 1. The van der Waals surface area contributed by atoms with Gasteiger partial charge in [-0.1, -0.05) is 6.07 Å². The molecule has 0 radical (unpaired) electrons. The molecule has 0 aliphatic heterocycles. The van der Waals surface area contributed by atoms with E-state index in [9.17, 15) is 0 Å². The van der Waals surface area contributed by atoms with Gasteiger partial charge in [0.2, 0.25) is 0 Å². The molecule has 0 aromatic heterocycles. The second-order valence-corrected chi connectivity index (χ2v) is 6.24. The van der Waals surface area contributed by atoms with E-state index in [0.29, 0.717) is 17.8 Å². The van der Waals surface area contributed by atoms with Gasteiger partial charge in [0.1, 0.15) is 5.75 Å². The zero-order valence-corrected chi connectivity index (χ0v) is 14.3. The van der Waals surface area contributed by atoms with Gasteiger partial charge < -0.3 is 15.8 Å². The van der Waals surface area contributed by atoms with Crippen molar-refractivity contribution in [1.82, 2.24) is 4.90 Å². The van der Waals surface area contributed by atoms with Crippen LogP contribution in [0.5, 0.6) is 5.75 Å². The minimum atomic E-state index is 0.125. The van der Waals surface area contributed by atoms with Crippen LogP contribution in [0.4, 0.5) is 11.4 Å². The SMILES string of the molecule is CC(C)Oc1cccc(NCCN(C(C)C)C(C)C)c1N. The number of anilines is 2. The van der Waals surface area contributed by atoms with E-state index >= 15 is 0 Å². The van der Waals surface area contributed by atoms with E-state index in [1.54, 1.807) is 0 Å². The Hall–Kier alpha value is -1.42. The molecule has 1 rings (SSSR count). The number of hydrogen-bond donors (Lipinski definition) is 2. The molecule has 0 aliphatic carbocycles. The average molecular weight is 293 g/mol. The quantitative estimate of drug-likeness (QED) is 0.719. The molecule has 3 N–H and O–H groups in total. The maximum absolute atomic E-state index is 6.17. The Morgan fingerprint density at radius 2 is 1.71 bits per heavy atom. The van der Waals surface area contributed by atoms with E-state index in [0.717, 1.165) is 24.5 Å². The smallest absolute Gasteiger partial charge is 0.144 e. The molecule has 0 atom stereocenters. The fourth-order valence-corrected chi connectivity index (χ4v) is 2.49. The summed E-state index contributed by atoms with van der Waals surface area (Å²) in [4.78, 5) is 2.46. The minimum absolute atomic E-state index is 0.125. The van der Waals surface area contributed by atoms with E-state index in [2.05, 4.69) is 37.9 Å². The summed E-state index contributed by atoms with van der Waals surface area (Å²) in [6, 6.07) is 6.96. The Morgan fingerprint density at radius 3 is 2.24 bits per heavy atom. The van der Waals surface area contributed by atoms with E-state index in [1.165, 1.54) is 0 Å². The topological polar surface area (TPSA) is 50.5 Å². The van der Waals surface area contributed by atoms with Crippen LogP contribution < -0.4 is 15.8 Å². The maximum atomic E-state index is 6.17. The Kier molecular flexibility index (Phi) is 6.82. The molecular formula is C17H31N3O. The van der Waals surface area contributed by atoms with Crippen molar-refractivity contribution in [3.63, 3.8) is 0 Å². The number of para-hydroxylation sites is 1. The van der Waals surface area contributed by atoms with Gasteiger partial charge in [-0.15, -0.1) is 0 Å². The van der Waals surface area contributed by atoms with Crippen molar-refractivity contribution >= 4 is 11.4 Å². The molecule has 0 bridgehead atoms. The van der Waals surface area contributed by atoms with Gasteiger partial charge in [0.25, 0.3) is 0 Å². The first-order valence-corrected chi connectivity index (χ1v) is 7.87. The highest BCUT2D eigenvalue weighted by molar-refractivity contribution is 5.72. The van der Waals surface area contributed by atoms with Crippen LogP contribution in [0.2, 0.25) is 0 Å². The summed E-state index contributed by atoms with van der Waals surface area (Å²) in [5, 5.41) is 3.42. The Bertz CT molecular complexity index is 422. The van der Waals surface area contributed by atoms with Crippen molar-refractivity contribution in [1.29, 1.82) is 0 Å². The number of ether oxygens (including phenoxy) is 1. The molecule has 0 heterocycles. The highest BCUT2D eigenvalue weighted by Gasteiger charge is 2.13. The van der Waals surface area contributed by atoms with E-state index in [-0.39, 0.29) is 6.10 Å². The standard InChI is InChI=1S/C17H31N3O/c1-12(2)20(13(3)4)11-10-19-15-8-7-9-16(17(15)18)21-14(5)6/h7-9,12-14,19H,10-11,18H2,1-6H3. The molecule has 0 saturated heterocycles. The first-order valence-electron chi connectivity index (χ1n) is 7.87. The van der Waals surface area contributed by atoms with Gasteiger partial charge in [-0.25, -0.2) is 0 Å². The lowest BCUT2D eigenvalue weighted by Gasteiger charge is -2.30. The lowest BCUT2D eigenvalue weighted by molar-refractivity contribution is 0.182. The van der Waals surface area contributed by atoms with Crippen molar-refractivity contribution in [2.75, 3.05) is 24.1 Å². The van der Waals surface area contributed by atoms with Gasteiger partial charge in [0.05, 0.1) is 17.5 Å². The van der Waals surface area contributed by atoms with Gasteiger partial charge >= 0.3 is 0 Å². The normalized spacial score (nSPS) is 11.7. The molecule has 1 aromatic carbocycles. The van der Waals surface area contributed by atoms with Crippen LogP contribution in [-0.4, -0.2) is 36.2 Å². The summed E-state index contributed by atoms with van der Waals surface area (Å²) in [5.74, 6) is 0.750. The number of nitrogen functional groups attached to an aromatic ring is 1. The average Bonchev–Trinajstić information content (AvgIpc) is 2.37. The third kappa shape index (κ3) is 5.46. The third-order valence-electron chi connectivity index (χ3n) is 3.44. The van der Waals surface area contributed by atoms with Crippen LogP contribution in [0.25, 0.3) is 0 Å². The zero-order valence-electron chi connectivity index (χ0n) is 14.3. The second-order valence-electron chi connectivity index (χ2n) is 6.24. The van der Waals surface area contributed by atoms with Crippen molar-refractivity contribution in [2.45, 2.75) is 59.7 Å². The van der Waals surface area contributed by atoms with Gasteiger partial charge in [0, 0.05) is 25.2 Å². The van der Waals surface area contributed by atoms with Gasteiger partial charge in [-0.2, -0.15) is 0 Å². The molecule has 4 heteroatoms. The van der Waals surface area contributed by atoms with Crippen LogP contribution in [0.15, 0.2) is 18.2 Å². The summed E-state index contributed by atoms with van der Waals surface area (Å²) in [6.45, 7) is 14.8. The molecule has 0 saturated carbocycles. The van der Waals surface area contributed by atoms with Crippen LogP contribution in [0.1, 0.15) is 41.5 Å². The van der Waals surface area contributed by atoms with Crippen LogP contribution in [0, 0.1) is 0 Å². The first-order chi connectivity index (χ1) is 9.82. The molecule has 0 spiro atoms. The van der Waals surface area contributed by atoms with E-state index in [4.69, 9.17) is 10.5 Å². The number of hydrogen-bond acceptors (Lipinski definition) is 4. The molecule has 21 heavy (non-hydrogen) atoms. The van der Waals surface area contributed by atoms with Crippen molar-refractivity contribution in [3.05, 3.63) is 18.2 Å². The van der Waals surface area contributed by atoms with Crippen molar-refractivity contribution < 1.29 is 4.74 Å². The summed E-state index contributed by atoms with van der Waals surface area (Å²) in [6.07, 6.45) is 0.125. The summed E-state index contributed by atoms with van der Waals surface area (Å²) >= 11 is 0. The van der Waals surface area contributed by atoms with Crippen LogP contribution in [-0.2, 0) is 0 Å². The first kappa shape index (κ1) is 17.6. The maximum Gasteiger partial charge on any atom is 0.144 e. The molecule has 4 nitrogen and oxygen atoms in total. The largest absolute Gasteiger partial charge is 0.489 e. The summed E-state index contributed by atoms with van der Waals surface area (Å²) < 4.78 is 5.71. The number of nitrogens with one attached hydrogen (secondary N) is 1. The molecule has 120 valence electrons. The Balaban J connectivity index is 2.63. The lowest BCUT2D eigenvalue weighted by atomic mass is 10.2. The number of rotatable bonds is 8. The molecule has 0 aliphatic rings. The summed E-state index contributed by atoms with van der Waals surface area (Å²) in [7, 11) is 0. The molecule has 0 amide bonds. The third-order valence-corrected chi connectivity index (χ3v) is 3.44. The highest BCUT2D eigenvalue weighted by Crippen LogP contribution is 2.29. The van der Waals surface area contributed by atoms with Gasteiger partial charge in [-0.3, -0.25) is 4.90 Å². The lowest BCUT2D eigenvalue weighted by Crippen LogP contribution is -2.40. The Morgan fingerprint density at radius 1 is 1.10 bits per heavy atom. The van der Waals surface area contributed by atoms with Crippen molar-refractivity contribution in [2.24, 2.45) is 0 Å². The fraction of sp³-hybridized carbons (Fsp3) is 0.647. The van der Waals surface area contributed by atoms with Gasteiger partial charge in [0.15, 0.2) is 0 Å². The number of benzene rings is 1. The van der Waals surface area contributed by atoms with Crippen LogP contribution >= 0.6 is 0 Å². The Labute approximate surface area is 129 Å². The zero-order chi connectivity index (χ0) is 16.0. The molecule has 0 fully saturated rings. The summed E-state index contributed by atoms with van der Waals surface area (Å²) in [5.41, 5.74) is 7.80. The molecule has 1 aromatic rings. The fourth-order valence-electron chi connectivity index (χ4n) is 2.49. The number of nitrogens with two attached hydrogens (primary N) is 1. The van der Waals surface area contributed by atoms with E-state index in [1.807, 2.05) is 32.0 Å². The van der Waals surface area contributed by atoms with E-state index < -0.39 is 0 Å².